The second kappa shape index (κ2) is 6.96. The highest BCUT2D eigenvalue weighted by Crippen LogP contribution is 2.31. The van der Waals surface area contributed by atoms with Crippen molar-refractivity contribution in [1.29, 1.82) is 0 Å². The van der Waals surface area contributed by atoms with Gasteiger partial charge in [-0.05, 0) is 48.0 Å². The third-order valence-corrected chi connectivity index (χ3v) is 3.66. The number of methoxy groups -OCH3 is 1. The van der Waals surface area contributed by atoms with Crippen molar-refractivity contribution in [3.05, 3.63) is 45.8 Å². The molecule has 0 amide bonds. The zero-order valence-corrected chi connectivity index (χ0v) is 12.6. The average molecular weight is 315 g/mol. The van der Waals surface area contributed by atoms with E-state index >= 15 is 0 Å². The van der Waals surface area contributed by atoms with Crippen molar-refractivity contribution in [3.8, 4) is 16.2 Å². The Kier molecular flexibility index (Phi) is 5.28. The Bertz CT molecular complexity index is 557. The fourth-order valence-corrected chi connectivity index (χ4v) is 2.86. The molecule has 1 aromatic heterocycles. The molecule has 2 aromatic rings. The smallest absolute Gasteiger partial charge is 0.188 e. The predicted molar refractivity (Wildman–Crippen MR) is 81.9 cm³/mol. The Hall–Kier alpha value is -1.000. The molecule has 1 aromatic carbocycles. The van der Waals surface area contributed by atoms with Gasteiger partial charge in [-0.25, -0.2) is 0 Å². The zero-order chi connectivity index (χ0) is 13.7. The SMILES string of the molecule is COCOc1ccc(-c2ccc(C=C(Cl)Cl)s2)cc1. The van der Waals surface area contributed by atoms with Crippen LogP contribution in [0.4, 0.5) is 0 Å². The van der Waals surface area contributed by atoms with Crippen LogP contribution in [0.15, 0.2) is 40.9 Å². The predicted octanol–water partition coefficient (Wildman–Crippen LogP) is 5.17. The molecule has 100 valence electrons. The third-order valence-electron chi connectivity index (χ3n) is 2.36. The molecule has 0 unspecified atom stereocenters. The van der Waals surface area contributed by atoms with Gasteiger partial charge in [0.1, 0.15) is 10.2 Å². The fraction of sp³-hybridized carbons (Fsp3) is 0.143. The summed E-state index contributed by atoms with van der Waals surface area (Å²) in [6.07, 6.45) is 1.73. The van der Waals surface area contributed by atoms with Gasteiger partial charge >= 0.3 is 0 Å². The minimum absolute atomic E-state index is 0.252. The van der Waals surface area contributed by atoms with E-state index in [2.05, 4.69) is 0 Å². The van der Waals surface area contributed by atoms with E-state index in [9.17, 15) is 0 Å². The quantitative estimate of drug-likeness (QED) is 0.708. The molecule has 0 saturated carbocycles. The lowest BCUT2D eigenvalue weighted by Crippen LogP contribution is -1.98. The summed E-state index contributed by atoms with van der Waals surface area (Å²) >= 11 is 12.9. The van der Waals surface area contributed by atoms with Gasteiger partial charge in [0.25, 0.3) is 0 Å². The summed E-state index contributed by atoms with van der Waals surface area (Å²) in [5.41, 5.74) is 1.13. The molecule has 0 spiro atoms. The van der Waals surface area contributed by atoms with Gasteiger partial charge in [0.05, 0.1) is 0 Å². The second-order valence-corrected chi connectivity index (χ2v) is 5.83. The minimum atomic E-state index is 0.252. The van der Waals surface area contributed by atoms with Crippen LogP contribution in [-0.4, -0.2) is 13.9 Å². The highest BCUT2D eigenvalue weighted by molar-refractivity contribution is 7.16. The van der Waals surface area contributed by atoms with Crippen molar-refractivity contribution in [2.75, 3.05) is 13.9 Å². The first-order valence-corrected chi connectivity index (χ1v) is 7.11. The molecular formula is C14H12Cl2O2S. The monoisotopic (exact) mass is 314 g/mol. The van der Waals surface area contributed by atoms with Crippen LogP contribution in [0.2, 0.25) is 0 Å². The van der Waals surface area contributed by atoms with Gasteiger partial charge < -0.3 is 9.47 Å². The molecule has 0 N–H and O–H groups in total. The summed E-state index contributed by atoms with van der Waals surface area (Å²) in [4.78, 5) is 2.17. The Morgan fingerprint density at radius 2 is 1.89 bits per heavy atom. The molecule has 1 heterocycles. The van der Waals surface area contributed by atoms with E-state index in [1.165, 1.54) is 0 Å². The molecule has 0 saturated heterocycles. The number of thiophene rings is 1. The number of rotatable bonds is 5. The molecule has 0 atom stereocenters. The normalized spacial score (nSPS) is 10.3. The minimum Gasteiger partial charge on any atom is -0.468 e. The first kappa shape index (κ1) is 14.4. The standard InChI is InChI=1S/C14H12Cl2O2S/c1-17-9-18-11-4-2-10(3-5-11)13-7-6-12(19-13)8-14(15)16/h2-8H,9H2,1H3. The van der Waals surface area contributed by atoms with Crippen LogP contribution < -0.4 is 4.74 Å². The summed E-state index contributed by atoms with van der Waals surface area (Å²) in [5.74, 6) is 0.783. The van der Waals surface area contributed by atoms with Crippen molar-refractivity contribution < 1.29 is 9.47 Å². The third kappa shape index (κ3) is 4.25. The maximum Gasteiger partial charge on any atom is 0.188 e. The largest absolute Gasteiger partial charge is 0.468 e. The van der Waals surface area contributed by atoms with Crippen LogP contribution in [0.5, 0.6) is 5.75 Å². The number of benzene rings is 1. The Labute approximate surface area is 126 Å². The summed E-state index contributed by atoms with van der Waals surface area (Å²) < 4.78 is 10.5. The van der Waals surface area contributed by atoms with Crippen LogP contribution in [-0.2, 0) is 4.74 Å². The Morgan fingerprint density at radius 1 is 1.16 bits per heavy atom. The maximum absolute atomic E-state index is 5.64. The number of hydrogen-bond acceptors (Lipinski definition) is 3. The molecule has 0 aliphatic carbocycles. The van der Waals surface area contributed by atoms with Crippen molar-refractivity contribution >= 4 is 40.6 Å². The summed E-state index contributed by atoms with van der Waals surface area (Å²) in [6, 6.07) is 11.9. The number of ether oxygens (including phenoxy) is 2. The summed E-state index contributed by atoms with van der Waals surface area (Å²) in [5, 5.41) is 0. The van der Waals surface area contributed by atoms with E-state index in [0.717, 1.165) is 21.1 Å². The van der Waals surface area contributed by atoms with Crippen molar-refractivity contribution in [3.63, 3.8) is 0 Å². The highest BCUT2D eigenvalue weighted by Gasteiger charge is 2.02. The van der Waals surface area contributed by atoms with Crippen LogP contribution in [0, 0.1) is 0 Å². The van der Waals surface area contributed by atoms with E-state index in [0.29, 0.717) is 0 Å². The number of hydrogen-bond donors (Lipinski definition) is 0. The lowest BCUT2D eigenvalue weighted by molar-refractivity contribution is 0.0511. The molecule has 19 heavy (non-hydrogen) atoms. The van der Waals surface area contributed by atoms with Gasteiger partial charge in [0.2, 0.25) is 0 Å². The first-order chi connectivity index (χ1) is 9.19. The van der Waals surface area contributed by atoms with Crippen LogP contribution in [0.25, 0.3) is 16.5 Å². The van der Waals surface area contributed by atoms with Crippen molar-refractivity contribution in [2.24, 2.45) is 0 Å². The molecule has 0 aliphatic rings. The zero-order valence-electron chi connectivity index (χ0n) is 10.2. The first-order valence-electron chi connectivity index (χ1n) is 5.54. The molecule has 0 radical (unpaired) electrons. The maximum atomic E-state index is 5.64. The Morgan fingerprint density at radius 3 is 2.53 bits per heavy atom. The molecule has 0 fully saturated rings. The van der Waals surface area contributed by atoms with Crippen molar-refractivity contribution in [1.82, 2.24) is 0 Å². The molecular weight excluding hydrogens is 303 g/mol. The topological polar surface area (TPSA) is 18.5 Å². The van der Waals surface area contributed by atoms with Crippen molar-refractivity contribution in [2.45, 2.75) is 0 Å². The highest BCUT2D eigenvalue weighted by atomic mass is 35.5. The second-order valence-electron chi connectivity index (χ2n) is 3.71. The summed E-state index contributed by atoms with van der Waals surface area (Å²) in [6.45, 7) is 0.252. The molecule has 0 bridgehead atoms. The van der Waals surface area contributed by atoms with Gasteiger partial charge in [-0.3, -0.25) is 0 Å². The van der Waals surface area contributed by atoms with Gasteiger partial charge in [0, 0.05) is 16.9 Å². The van der Waals surface area contributed by atoms with Gasteiger partial charge in [-0.2, -0.15) is 0 Å². The van der Waals surface area contributed by atoms with Crippen LogP contribution in [0.1, 0.15) is 4.88 Å². The molecule has 2 nitrogen and oxygen atoms in total. The van der Waals surface area contributed by atoms with E-state index in [4.69, 9.17) is 32.7 Å². The van der Waals surface area contributed by atoms with Gasteiger partial charge in [-0.1, -0.05) is 23.2 Å². The number of halogens is 2. The average Bonchev–Trinajstić information content (AvgIpc) is 2.84. The van der Waals surface area contributed by atoms with E-state index in [1.54, 1.807) is 24.5 Å². The van der Waals surface area contributed by atoms with E-state index < -0.39 is 0 Å². The Balaban J connectivity index is 2.13. The molecule has 5 heteroatoms. The van der Waals surface area contributed by atoms with Crippen LogP contribution >= 0.6 is 34.5 Å². The molecule has 0 aliphatic heterocycles. The van der Waals surface area contributed by atoms with Crippen LogP contribution in [0.3, 0.4) is 0 Å². The van der Waals surface area contributed by atoms with E-state index in [1.807, 2.05) is 36.4 Å². The molecule has 2 rings (SSSR count). The lowest BCUT2D eigenvalue weighted by Gasteiger charge is -2.04. The lowest BCUT2D eigenvalue weighted by atomic mass is 10.2. The van der Waals surface area contributed by atoms with Gasteiger partial charge in [-0.15, -0.1) is 11.3 Å². The summed E-state index contributed by atoms with van der Waals surface area (Å²) in [7, 11) is 1.59. The van der Waals surface area contributed by atoms with Gasteiger partial charge in [0.15, 0.2) is 6.79 Å². The fourth-order valence-electron chi connectivity index (χ4n) is 1.54. The van der Waals surface area contributed by atoms with E-state index in [-0.39, 0.29) is 11.3 Å².